The van der Waals surface area contributed by atoms with Crippen LogP contribution in [0.4, 0.5) is 11.4 Å². The van der Waals surface area contributed by atoms with Gasteiger partial charge in [0.2, 0.25) is 0 Å². The summed E-state index contributed by atoms with van der Waals surface area (Å²) in [5, 5.41) is 9.81. The first-order chi connectivity index (χ1) is 10.1. The van der Waals surface area contributed by atoms with Crippen molar-refractivity contribution in [2.75, 3.05) is 23.8 Å². The van der Waals surface area contributed by atoms with E-state index in [-0.39, 0.29) is 12.2 Å². The molecule has 0 aliphatic carbocycles. The molecule has 0 unspecified atom stereocenters. The lowest BCUT2D eigenvalue weighted by atomic mass is 10.1. The molecular formula is C15H22N4O2. The summed E-state index contributed by atoms with van der Waals surface area (Å²) in [5.74, 6) is 0. The minimum Gasteiger partial charge on any atom is -0.397 e. The zero-order chi connectivity index (χ0) is 15.4. The number of nitrogen functional groups attached to an aromatic ring is 1. The standard InChI is InChI=1S/C15H22N4O2/c1-3-10(4-2)19(5-6-20)14-8-13-11(7-12(14)16)15(21)18-9-17-13/h7-10,20H,3-6,16H2,1-2H3,(H,17,18,21). The Morgan fingerprint density at radius 1 is 1.38 bits per heavy atom. The van der Waals surface area contributed by atoms with Gasteiger partial charge in [-0.1, -0.05) is 13.8 Å². The van der Waals surface area contributed by atoms with Gasteiger partial charge in [-0.3, -0.25) is 4.79 Å². The first-order valence-corrected chi connectivity index (χ1v) is 7.26. The highest BCUT2D eigenvalue weighted by Crippen LogP contribution is 2.29. The number of nitrogens with two attached hydrogens (primary N) is 1. The number of aromatic nitrogens is 2. The molecule has 21 heavy (non-hydrogen) atoms. The van der Waals surface area contributed by atoms with Crippen LogP contribution < -0.4 is 16.2 Å². The molecule has 0 spiro atoms. The number of anilines is 2. The van der Waals surface area contributed by atoms with Crippen LogP contribution in [0.15, 0.2) is 23.3 Å². The van der Waals surface area contributed by atoms with E-state index < -0.39 is 0 Å². The molecule has 1 aromatic heterocycles. The highest BCUT2D eigenvalue weighted by Gasteiger charge is 2.18. The molecule has 114 valence electrons. The maximum atomic E-state index is 11.8. The molecule has 0 amide bonds. The number of nitrogens with zero attached hydrogens (tertiary/aromatic N) is 2. The number of fused-ring (bicyclic) bond motifs is 1. The second kappa shape index (κ2) is 6.58. The van der Waals surface area contributed by atoms with Crippen LogP contribution in [-0.2, 0) is 0 Å². The van der Waals surface area contributed by atoms with E-state index in [2.05, 4.69) is 28.7 Å². The van der Waals surface area contributed by atoms with E-state index in [4.69, 9.17) is 5.73 Å². The molecule has 0 saturated carbocycles. The molecule has 0 atom stereocenters. The minimum atomic E-state index is -0.200. The van der Waals surface area contributed by atoms with E-state index in [0.29, 0.717) is 29.2 Å². The summed E-state index contributed by atoms with van der Waals surface area (Å²) in [6.07, 6.45) is 3.30. The molecule has 0 saturated heterocycles. The summed E-state index contributed by atoms with van der Waals surface area (Å²) in [6.45, 7) is 4.78. The predicted octanol–water partition coefficient (Wildman–Crippen LogP) is 1.49. The van der Waals surface area contributed by atoms with Crippen LogP contribution >= 0.6 is 0 Å². The SMILES string of the molecule is CCC(CC)N(CCO)c1cc2nc[nH]c(=O)c2cc1N. The molecule has 6 heteroatoms. The number of hydrogen-bond donors (Lipinski definition) is 3. The van der Waals surface area contributed by atoms with Crippen molar-refractivity contribution < 1.29 is 5.11 Å². The summed E-state index contributed by atoms with van der Waals surface area (Å²) in [7, 11) is 0. The average Bonchev–Trinajstić information content (AvgIpc) is 2.48. The van der Waals surface area contributed by atoms with Crippen LogP contribution in [0, 0.1) is 0 Å². The first kappa shape index (κ1) is 15.3. The van der Waals surface area contributed by atoms with Gasteiger partial charge in [0.15, 0.2) is 0 Å². The predicted molar refractivity (Wildman–Crippen MR) is 85.6 cm³/mol. The van der Waals surface area contributed by atoms with Crippen molar-refractivity contribution in [3.8, 4) is 0 Å². The molecule has 6 nitrogen and oxygen atoms in total. The van der Waals surface area contributed by atoms with Gasteiger partial charge in [0.1, 0.15) is 0 Å². The van der Waals surface area contributed by atoms with Crippen molar-refractivity contribution in [1.82, 2.24) is 9.97 Å². The van der Waals surface area contributed by atoms with E-state index >= 15 is 0 Å². The van der Waals surface area contributed by atoms with Crippen LogP contribution in [0.5, 0.6) is 0 Å². The lowest BCUT2D eigenvalue weighted by molar-refractivity contribution is 0.296. The fraction of sp³-hybridized carbons (Fsp3) is 0.467. The quantitative estimate of drug-likeness (QED) is 0.701. The summed E-state index contributed by atoms with van der Waals surface area (Å²) in [5.41, 5.74) is 7.89. The fourth-order valence-corrected chi connectivity index (χ4v) is 2.71. The topological polar surface area (TPSA) is 95.2 Å². The molecular weight excluding hydrogens is 268 g/mol. The number of H-pyrrole nitrogens is 1. The average molecular weight is 290 g/mol. The maximum Gasteiger partial charge on any atom is 0.258 e. The van der Waals surface area contributed by atoms with E-state index in [1.165, 1.54) is 6.33 Å². The fourth-order valence-electron chi connectivity index (χ4n) is 2.71. The second-order valence-corrected chi connectivity index (χ2v) is 5.05. The first-order valence-electron chi connectivity index (χ1n) is 7.26. The van der Waals surface area contributed by atoms with Gasteiger partial charge < -0.3 is 20.7 Å². The Labute approximate surface area is 123 Å². The third-order valence-electron chi connectivity index (χ3n) is 3.82. The summed E-state index contributed by atoms with van der Waals surface area (Å²) in [4.78, 5) is 20.6. The highest BCUT2D eigenvalue weighted by atomic mass is 16.3. The molecule has 1 heterocycles. The molecule has 2 aromatic rings. The van der Waals surface area contributed by atoms with Gasteiger partial charge in [0.25, 0.3) is 5.56 Å². The van der Waals surface area contributed by atoms with E-state index in [1.54, 1.807) is 6.07 Å². The molecule has 0 radical (unpaired) electrons. The Bertz CT molecular complexity index is 664. The molecule has 4 N–H and O–H groups in total. The number of aliphatic hydroxyl groups is 1. The molecule has 0 aliphatic rings. The normalized spacial score (nSPS) is 11.2. The van der Waals surface area contributed by atoms with E-state index in [1.807, 2.05) is 6.07 Å². The number of benzene rings is 1. The minimum absolute atomic E-state index is 0.0524. The Hall–Kier alpha value is -2.08. The monoisotopic (exact) mass is 290 g/mol. The third kappa shape index (κ3) is 3.00. The molecule has 2 rings (SSSR count). The van der Waals surface area contributed by atoms with E-state index in [9.17, 15) is 9.90 Å². The third-order valence-corrected chi connectivity index (χ3v) is 3.82. The lowest BCUT2D eigenvalue weighted by Gasteiger charge is -2.33. The second-order valence-electron chi connectivity index (χ2n) is 5.05. The van der Waals surface area contributed by atoms with Crippen LogP contribution in [0.3, 0.4) is 0 Å². The summed E-state index contributed by atoms with van der Waals surface area (Å²) in [6, 6.07) is 3.77. The largest absolute Gasteiger partial charge is 0.397 e. The number of aromatic amines is 1. The Morgan fingerprint density at radius 2 is 2.10 bits per heavy atom. The summed E-state index contributed by atoms with van der Waals surface area (Å²) < 4.78 is 0. The van der Waals surface area contributed by atoms with Crippen LogP contribution in [-0.4, -0.2) is 34.3 Å². The Kier molecular flexibility index (Phi) is 4.80. The van der Waals surface area contributed by atoms with Crippen molar-refractivity contribution in [3.63, 3.8) is 0 Å². The number of rotatable bonds is 6. The smallest absolute Gasteiger partial charge is 0.258 e. The van der Waals surface area contributed by atoms with Gasteiger partial charge in [-0.15, -0.1) is 0 Å². The lowest BCUT2D eigenvalue weighted by Crippen LogP contribution is -2.37. The Balaban J connectivity index is 2.57. The van der Waals surface area contributed by atoms with E-state index in [0.717, 1.165) is 18.5 Å². The Morgan fingerprint density at radius 3 is 2.71 bits per heavy atom. The van der Waals surface area contributed by atoms with Crippen molar-refractivity contribution in [2.45, 2.75) is 32.7 Å². The number of hydrogen-bond acceptors (Lipinski definition) is 5. The molecule has 1 aromatic carbocycles. The van der Waals surface area contributed by atoms with Gasteiger partial charge in [0.05, 0.1) is 35.2 Å². The van der Waals surface area contributed by atoms with Gasteiger partial charge in [-0.05, 0) is 25.0 Å². The number of nitrogens with one attached hydrogen (secondary N) is 1. The number of aliphatic hydroxyl groups excluding tert-OH is 1. The van der Waals surface area contributed by atoms with Gasteiger partial charge in [0, 0.05) is 12.6 Å². The zero-order valence-electron chi connectivity index (χ0n) is 12.5. The van der Waals surface area contributed by atoms with Gasteiger partial charge >= 0.3 is 0 Å². The van der Waals surface area contributed by atoms with Crippen molar-refractivity contribution in [2.24, 2.45) is 0 Å². The van der Waals surface area contributed by atoms with Crippen molar-refractivity contribution in [1.29, 1.82) is 0 Å². The summed E-state index contributed by atoms with van der Waals surface area (Å²) >= 11 is 0. The van der Waals surface area contributed by atoms with Crippen LogP contribution in [0.2, 0.25) is 0 Å². The molecule has 0 bridgehead atoms. The van der Waals surface area contributed by atoms with Crippen molar-refractivity contribution >= 4 is 22.3 Å². The van der Waals surface area contributed by atoms with Crippen LogP contribution in [0.1, 0.15) is 26.7 Å². The highest BCUT2D eigenvalue weighted by molar-refractivity contribution is 5.88. The van der Waals surface area contributed by atoms with Gasteiger partial charge in [-0.2, -0.15) is 0 Å². The van der Waals surface area contributed by atoms with Gasteiger partial charge in [-0.25, -0.2) is 4.98 Å². The van der Waals surface area contributed by atoms with Crippen molar-refractivity contribution in [3.05, 3.63) is 28.8 Å². The molecule has 0 aliphatic heterocycles. The molecule has 0 fully saturated rings. The van der Waals surface area contributed by atoms with Crippen LogP contribution in [0.25, 0.3) is 10.9 Å². The zero-order valence-corrected chi connectivity index (χ0v) is 12.5. The maximum absolute atomic E-state index is 11.8.